The van der Waals surface area contributed by atoms with Crippen molar-refractivity contribution in [2.24, 2.45) is 5.92 Å². The molecule has 2 aromatic heterocycles. The lowest BCUT2D eigenvalue weighted by molar-refractivity contribution is -0.126. The zero-order valence-electron chi connectivity index (χ0n) is 17.8. The van der Waals surface area contributed by atoms with Gasteiger partial charge >= 0.3 is 0 Å². The third-order valence-electron chi connectivity index (χ3n) is 5.61. The van der Waals surface area contributed by atoms with Crippen molar-refractivity contribution in [2.75, 3.05) is 19.9 Å². The molecular weight excluding hydrogens is 468 g/mol. The monoisotopic (exact) mass is 490 g/mol. The van der Waals surface area contributed by atoms with E-state index in [2.05, 4.69) is 15.5 Å². The summed E-state index contributed by atoms with van der Waals surface area (Å²) in [4.78, 5) is 16.9. The van der Waals surface area contributed by atoms with E-state index in [0.29, 0.717) is 54.7 Å². The summed E-state index contributed by atoms with van der Waals surface area (Å²) in [5.74, 6) is 1.52. The Morgan fingerprint density at radius 3 is 2.94 bits per heavy atom. The molecule has 1 atom stereocenters. The Labute approximate surface area is 194 Å². The molecule has 1 amide bonds. The molecule has 0 radical (unpaired) electrons. The van der Waals surface area contributed by atoms with Gasteiger partial charge < -0.3 is 19.3 Å². The lowest BCUT2D eigenvalue weighted by Gasteiger charge is -2.30. The summed E-state index contributed by atoms with van der Waals surface area (Å²) in [6.45, 7) is 2.72. The van der Waals surface area contributed by atoms with Crippen LogP contribution in [0.3, 0.4) is 0 Å². The number of aryl methyl sites for hydroxylation is 1. The first-order chi connectivity index (χ1) is 15.9. The number of carbonyl (C=O) groups is 1. The first-order valence-electron chi connectivity index (χ1n) is 10.5. The van der Waals surface area contributed by atoms with Crippen LogP contribution in [0.1, 0.15) is 24.3 Å². The number of rotatable bonds is 6. The van der Waals surface area contributed by atoms with Gasteiger partial charge in [-0.3, -0.25) is 4.79 Å². The lowest BCUT2D eigenvalue weighted by atomic mass is 9.98. The molecule has 174 valence electrons. The zero-order valence-corrected chi connectivity index (χ0v) is 19.4. The van der Waals surface area contributed by atoms with Crippen LogP contribution in [0, 0.1) is 12.8 Å². The summed E-state index contributed by atoms with van der Waals surface area (Å²) in [5.41, 5.74) is 1.47. The van der Waals surface area contributed by atoms with E-state index in [1.807, 2.05) is 18.2 Å². The number of hydrogen-bond donors (Lipinski definition) is 1. The van der Waals surface area contributed by atoms with Crippen molar-refractivity contribution < 1.29 is 27.2 Å². The normalized spacial score (nSPS) is 18.4. The highest BCUT2D eigenvalue weighted by Crippen LogP contribution is 2.33. The van der Waals surface area contributed by atoms with Crippen LogP contribution < -0.4 is 14.8 Å². The molecule has 1 fully saturated rings. The van der Waals surface area contributed by atoms with Crippen LogP contribution in [0.2, 0.25) is 0 Å². The maximum atomic E-state index is 13.2. The highest BCUT2D eigenvalue weighted by atomic mass is 32.2. The van der Waals surface area contributed by atoms with E-state index < -0.39 is 15.9 Å². The SMILES string of the molecule is Cc1nc(-c2csc(S(=O)(=O)N3CCC[C@H](C(=O)NCc4ccc5c(c4)OCO5)C3)c2)no1. The van der Waals surface area contributed by atoms with Crippen LogP contribution in [0.5, 0.6) is 11.5 Å². The summed E-state index contributed by atoms with van der Waals surface area (Å²) in [7, 11) is -3.73. The third-order valence-corrected chi connectivity index (χ3v) is 8.89. The first-order valence-corrected chi connectivity index (χ1v) is 12.8. The summed E-state index contributed by atoms with van der Waals surface area (Å²) in [6, 6.07) is 7.06. The van der Waals surface area contributed by atoms with Crippen molar-refractivity contribution in [3.8, 4) is 22.9 Å². The second kappa shape index (κ2) is 8.76. The fraction of sp³-hybridized carbons (Fsp3) is 0.381. The fourth-order valence-electron chi connectivity index (χ4n) is 3.87. The zero-order chi connectivity index (χ0) is 23.0. The Morgan fingerprint density at radius 1 is 1.27 bits per heavy atom. The number of fused-ring (bicyclic) bond motifs is 1. The molecule has 0 unspecified atom stereocenters. The van der Waals surface area contributed by atoms with Gasteiger partial charge in [0.1, 0.15) is 4.21 Å². The summed E-state index contributed by atoms with van der Waals surface area (Å²) < 4.78 is 43.6. The van der Waals surface area contributed by atoms with Gasteiger partial charge in [-0.05, 0) is 36.6 Å². The minimum Gasteiger partial charge on any atom is -0.454 e. The van der Waals surface area contributed by atoms with Gasteiger partial charge in [-0.25, -0.2) is 8.42 Å². The Balaban J connectivity index is 1.23. The van der Waals surface area contributed by atoms with Crippen LogP contribution in [-0.4, -0.2) is 48.7 Å². The van der Waals surface area contributed by atoms with Crippen molar-refractivity contribution in [3.63, 3.8) is 0 Å². The quantitative estimate of drug-likeness (QED) is 0.559. The predicted molar refractivity (Wildman–Crippen MR) is 118 cm³/mol. The number of sulfonamides is 1. The van der Waals surface area contributed by atoms with Gasteiger partial charge in [0.2, 0.25) is 24.4 Å². The smallest absolute Gasteiger partial charge is 0.252 e. The third kappa shape index (κ3) is 4.45. The van der Waals surface area contributed by atoms with E-state index in [0.717, 1.165) is 16.9 Å². The van der Waals surface area contributed by atoms with Gasteiger partial charge in [-0.2, -0.15) is 9.29 Å². The van der Waals surface area contributed by atoms with E-state index in [-0.39, 0.29) is 23.5 Å². The number of aromatic nitrogens is 2. The van der Waals surface area contributed by atoms with Gasteiger partial charge in [-0.1, -0.05) is 11.2 Å². The molecule has 10 nitrogen and oxygen atoms in total. The summed E-state index contributed by atoms with van der Waals surface area (Å²) in [6.07, 6.45) is 1.25. The molecule has 4 heterocycles. The van der Waals surface area contributed by atoms with Gasteiger partial charge in [0.25, 0.3) is 10.0 Å². The highest BCUT2D eigenvalue weighted by Gasteiger charge is 2.34. The minimum absolute atomic E-state index is 0.143. The number of ether oxygens (including phenoxy) is 2. The maximum absolute atomic E-state index is 13.2. The van der Waals surface area contributed by atoms with Crippen LogP contribution in [-0.2, 0) is 21.4 Å². The first kappa shape index (κ1) is 21.9. The van der Waals surface area contributed by atoms with Crippen LogP contribution >= 0.6 is 11.3 Å². The molecule has 2 aliphatic heterocycles. The van der Waals surface area contributed by atoms with Crippen LogP contribution in [0.25, 0.3) is 11.4 Å². The number of hydrogen-bond acceptors (Lipinski definition) is 9. The molecule has 33 heavy (non-hydrogen) atoms. The average Bonchev–Trinajstić information content (AvgIpc) is 3.57. The summed E-state index contributed by atoms with van der Waals surface area (Å²) in [5, 5.41) is 8.45. The van der Waals surface area contributed by atoms with Crippen molar-refractivity contribution in [1.82, 2.24) is 19.8 Å². The minimum atomic E-state index is -3.73. The molecule has 0 spiro atoms. The second-order valence-electron chi connectivity index (χ2n) is 7.90. The number of piperidine rings is 1. The van der Waals surface area contributed by atoms with E-state index >= 15 is 0 Å². The largest absolute Gasteiger partial charge is 0.454 e. The van der Waals surface area contributed by atoms with E-state index in [4.69, 9.17) is 14.0 Å². The lowest BCUT2D eigenvalue weighted by Crippen LogP contribution is -2.45. The Bertz CT molecular complexity index is 1290. The van der Waals surface area contributed by atoms with Crippen LogP contribution in [0.15, 0.2) is 38.4 Å². The van der Waals surface area contributed by atoms with Crippen molar-refractivity contribution in [1.29, 1.82) is 0 Å². The molecule has 0 bridgehead atoms. The Morgan fingerprint density at radius 2 is 2.12 bits per heavy atom. The highest BCUT2D eigenvalue weighted by molar-refractivity contribution is 7.91. The Kier molecular flexibility index (Phi) is 5.81. The number of nitrogens with zero attached hydrogens (tertiary/aromatic N) is 3. The summed E-state index contributed by atoms with van der Waals surface area (Å²) >= 11 is 1.11. The Hall–Kier alpha value is -2.96. The number of carbonyl (C=O) groups excluding carboxylic acids is 1. The van der Waals surface area contributed by atoms with Crippen LogP contribution in [0.4, 0.5) is 0 Å². The van der Waals surface area contributed by atoms with Crippen molar-refractivity contribution in [3.05, 3.63) is 41.1 Å². The van der Waals surface area contributed by atoms with Gasteiger partial charge in [0, 0.05) is 37.5 Å². The average molecular weight is 491 g/mol. The second-order valence-corrected chi connectivity index (χ2v) is 11.0. The van der Waals surface area contributed by atoms with Crippen molar-refractivity contribution in [2.45, 2.75) is 30.5 Å². The molecule has 1 N–H and O–H groups in total. The number of amides is 1. The number of thiophene rings is 1. The van der Waals surface area contributed by atoms with Gasteiger partial charge in [0.15, 0.2) is 11.5 Å². The van der Waals surface area contributed by atoms with Gasteiger partial charge in [0.05, 0.1) is 5.92 Å². The molecule has 1 saturated heterocycles. The standard InChI is InChI=1S/C21H22N4O6S2/c1-13-23-20(24-31-13)16-8-19(32-11-16)33(27,28)25-6-2-3-15(10-25)21(26)22-9-14-4-5-17-18(7-14)30-12-29-17/h4-5,7-8,11,15H,2-3,6,9-10,12H2,1H3,(H,22,26)/t15-/m0/s1. The molecule has 0 saturated carbocycles. The number of benzene rings is 1. The van der Waals surface area contributed by atoms with Crippen molar-refractivity contribution >= 4 is 27.3 Å². The molecular formula is C21H22N4O6S2. The van der Waals surface area contributed by atoms with Gasteiger partial charge in [-0.15, -0.1) is 11.3 Å². The molecule has 2 aliphatic rings. The molecule has 5 rings (SSSR count). The van der Waals surface area contributed by atoms with E-state index in [9.17, 15) is 13.2 Å². The fourth-order valence-corrected chi connectivity index (χ4v) is 6.71. The predicted octanol–water partition coefficient (Wildman–Crippen LogP) is 2.55. The molecule has 3 aromatic rings. The molecule has 12 heteroatoms. The topological polar surface area (TPSA) is 124 Å². The maximum Gasteiger partial charge on any atom is 0.252 e. The molecule has 0 aliphatic carbocycles. The van der Waals surface area contributed by atoms with E-state index in [1.54, 1.807) is 18.4 Å². The number of nitrogens with one attached hydrogen (secondary N) is 1. The molecule has 1 aromatic carbocycles. The van der Waals surface area contributed by atoms with E-state index in [1.165, 1.54) is 4.31 Å².